The summed E-state index contributed by atoms with van der Waals surface area (Å²) in [6, 6.07) is 10.9. The van der Waals surface area contributed by atoms with E-state index in [-0.39, 0.29) is 17.6 Å². The molecule has 0 radical (unpaired) electrons. The maximum absolute atomic E-state index is 11.1. The molecule has 1 N–H and O–H groups in total. The molecule has 0 amide bonds. The molecule has 122 valence electrons. The number of anilines is 1. The maximum Gasteiger partial charge on any atom is 0.271 e. The summed E-state index contributed by atoms with van der Waals surface area (Å²) < 4.78 is 0. The molecule has 0 saturated heterocycles. The van der Waals surface area contributed by atoms with Crippen LogP contribution in [0.3, 0.4) is 0 Å². The van der Waals surface area contributed by atoms with E-state index < -0.39 is 4.92 Å². The highest BCUT2D eigenvalue weighted by Gasteiger charge is 2.39. The van der Waals surface area contributed by atoms with Crippen LogP contribution in [0.25, 0.3) is 0 Å². The molecule has 2 aromatic rings. The van der Waals surface area contributed by atoms with E-state index in [1.807, 2.05) is 24.3 Å². The summed E-state index contributed by atoms with van der Waals surface area (Å²) in [5, 5.41) is 15.7. The number of non-ortho nitro benzene ring substituents is 1. The third kappa shape index (κ3) is 2.46. The van der Waals surface area contributed by atoms with Crippen LogP contribution < -0.4 is 5.32 Å². The van der Waals surface area contributed by atoms with E-state index in [1.54, 1.807) is 6.07 Å². The summed E-state index contributed by atoms with van der Waals surface area (Å²) in [6.45, 7) is 0. The number of allylic oxidation sites excluding steroid dienone is 2. The normalized spacial score (nSPS) is 24.2. The Balaban J connectivity index is 1.82. The molecular formula is C18H14Cl2N2O2. The molecule has 1 aliphatic heterocycles. The zero-order valence-corrected chi connectivity index (χ0v) is 14.1. The van der Waals surface area contributed by atoms with Crippen molar-refractivity contribution in [2.75, 3.05) is 5.32 Å². The van der Waals surface area contributed by atoms with Crippen molar-refractivity contribution in [3.8, 4) is 0 Å². The molecule has 6 heteroatoms. The molecular weight excluding hydrogens is 347 g/mol. The minimum Gasteiger partial charge on any atom is -0.376 e. The van der Waals surface area contributed by atoms with Crippen LogP contribution in [0.5, 0.6) is 0 Å². The van der Waals surface area contributed by atoms with E-state index in [9.17, 15) is 10.1 Å². The van der Waals surface area contributed by atoms with Crippen molar-refractivity contribution in [1.82, 2.24) is 0 Å². The van der Waals surface area contributed by atoms with E-state index in [4.69, 9.17) is 23.2 Å². The van der Waals surface area contributed by atoms with Crippen molar-refractivity contribution in [3.05, 3.63) is 79.8 Å². The van der Waals surface area contributed by atoms with Crippen molar-refractivity contribution in [3.63, 3.8) is 0 Å². The number of hydrogen-bond acceptors (Lipinski definition) is 3. The maximum atomic E-state index is 11.1. The third-order valence-corrected chi connectivity index (χ3v) is 5.40. The standard InChI is InChI=1S/C18H14Cl2N2O2/c19-11-6-4-10(5-7-11)17-14-3-1-2-13(14)15-8-12(22(23)24)9-16(20)18(15)21-17/h1-2,4-9,13-14,17,21H,3H2/t13-,14-,17+/m1/s1. The van der Waals surface area contributed by atoms with Gasteiger partial charge in [-0.15, -0.1) is 0 Å². The van der Waals surface area contributed by atoms with Gasteiger partial charge in [0.05, 0.1) is 21.7 Å². The van der Waals surface area contributed by atoms with Crippen LogP contribution in [-0.2, 0) is 0 Å². The Hall–Kier alpha value is -2.04. The number of benzene rings is 2. The van der Waals surface area contributed by atoms with Gasteiger partial charge >= 0.3 is 0 Å². The largest absolute Gasteiger partial charge is 0.376 e. The Kier molecular flexibility index (Phi) is 3.74. The SMILES string of the molecule is O=[N+]([O-])c1cc(Cl)c2c(c1)[C@@H]1C=CC[C@H]1[C@H](c1ccc(Cl)cc1)N2. The summed E-state index contributed by atoms with van der Waals surface area (Å²) >= 11 is 12.3. The highest BCUT2D eigenvalue weighted by atomic mass is 35.5. The Morgan fingerprint density at radius 3 is 2.62 bits per heavy atom. The minimum absolute atomic E-state index is 0.0320. The first kappa shape index (κ1) is 15.5. The molecule has 0 spiro atoms. The second-order valence-electron chi connectivity index (χ2n) is 6.18. The minimum atomic E-state index is -0.398. The molecule has 0 fully saturated rings. The zero-order valence-electron chi connectivity index (χ0n) is 12.6. The van der Waals surface area contributed by atoms with E-state index in [0.717, 1.165) is 23.2 Å². The van der Waals surface area contributed by atoms with Crippen LogP contribution in [-0.4, -0.2) is 4.92 Å². The fraction of sp³-hybridized carbons (Fsp3) is 0.222. The van der Waals surface area contributed by atoms with Crippen molar-refractivity contribution in [1.29, 1.82) is 0 Å². The lowest BCUT2D eigenvalue weighted by Crippen LogP contribution is -2.29. The Bertz CT molecular complexity index is 849. The van der Waals surface area contributed by atoms with Gasteiger partial charge in [0.25, 0.3) is 5.69 Å². The number of halogens is 2. The van der Waals surface area contributed by atoms with Gasteiger partial charge in [-0.1, -0.05) is 47.5 Å². The molecule has 4 rings (SSSR count). The van der Waals surface area contributed by atoms with Crippen LogP contribution in [0.4, 0.5) is 11.4 Å². The van der Waals surface area contributed by atoms with Crippen molar-refractivity contribution >= 4 is 34.6 Å². The van der Waals surface area contributed by atoms with Crippen molar-refractivity contribution in [2.24, 2.45) is 5.92 Å². The van der Waals surface area contributed by atoms with Gasteiger partial charge in [-0.3, -0.25) is 10.1 Å². The second kappa shape index (κ2) is 5.80. The molecule has 2 aliphatic rings. The highest BCUT2D eigenvalue weighted by molar-refractivity contribution is 6.33. The first-order valence-corrected chi connectivity index (χ1v) is 8.46. The van der Waals surface area contributed by atoms with E-state index in [1.165, 1.54) is 6.07 Å². The number of nitrogens with zero attached hydrogens (tertiary/aromatic N) is 1. The number of fused-ring (bicyclic) bond motifs is 3. The fourth-order valence-electron chi connectivity index (χ4n) is 3.75. The second-order valence-corrected chi connectivity index (χ2v) is 7.02. The van der Waals surface area contributed by atoms with Crippen molar-refractivity contribution in [2.45, 2.75) is 18.4 Å². The number of rotatable bonds is 2. The molecule has 0 saturated carbocycles. The lowest BCUT2D eigenvalue weighted by Gasteiger charge is -2.37. The molecule has 3 atom stereocenters. The van der Waals surface area contributed by atoms with Gasteiger partial charge in [0.2, 0.25) is 0 Å². The number of hydrogen-bond donors (Lipinski definition) is 1. The van der Waals surface area contributed by atoms with Crippen LogP contribution in [0, 0.1) is 16.0 Å². The molecule has 4 nitrogen and oxygen atoms in total. The van der Waals surface area contributed by atoms with Gasteiger partial charge in [0, 0.05) is 23.1 Å². The molecule has 2 aromatic carbocycles. The summed E-state index contributed by atoms with van der Waals surface area (Å²) in [6.07, 6.45) is 5.19. The topological polar surface area (TPSA) is 55.2 Å². The van der Waals surface area contributed by atoms with E-state index in [0.29, 0.717) is 16.0 Å². The summed E-state index contributed by atoms with van der Waals surface area (Å²) in [7, 11) is 0. The Morgan fingerprint density at radius 1 is 1.17 bits per heavy atom. The lowest BCUT2D eigenvalue weighted by atomic mass is 9.77. The Labute approximate surface area is 149 Å². The summed E-state index contributed by atoms with van der Waals surface area (Å²) in [4.78, 5) is 10.7. The average molecular weight is 361 g/mol. The summed E-state index contributed by atoms with van der Waals surface area (Å²) in [5.74, 6) is 0.427. The van der Waals surface area contributed by atoms with Crippen LogP contribution in [0.2, 0.25) is 10.0 Å². The molecule has 0 aromatic heterocycles. The van der Waals surface area contributed by atoms with Crippen LogP contribution in [0.15, 0.2) is 48.6 Å². The molecule has 0 bridgehead atoms. The first-order chi connectivity index (χ1) is 11.5. The van der Waals surface area contributed by atoms with Gasteiger partial charge in [0.1, 0.15) is 0 Å². The lowest BCUT2D eigenvalue weighted by molar-refractivity contribution is -0.384. The molecule has 1 heterocycles. The third-order valence-electron chi connectivity index (χ3n) is 4.85. The number of nitrogens with one attached hydrogen (secondary N) is 1. The van der Waals surface area contributed by atoms with Crippen LogP contribution in [0.1, 0.15) is 29.5 Å². The summed E-state index contributed by atoms with van der Waals surface area (Å²) in [5.41, 5.74) is 2.86. The van der Waals surface area contributed by atoms with Gasteiger partial charge in [-0.2, -0.15) is 0 Å². The smallest absolute Gasteiger partial charge is 0.271 e. The van der Waals surface area contributed by atoms with Crippen molar-refractivity contribution < 1.29 is 4.92 Å². The van der Waals surface area contributed by atoms with Gasteiger partial charge < -0.3 is 5.32 Å². The number of nitro benzene ring substituents is 1. The predicted octanol–water partition coefficient (Wildman–Crippen LogP) is 5.73. The van der Waals surface area contributed by atoms with Gasteiger partial charge in [0.15, 0.2) is 0 Å². The number of nitro groups is 1. The fourth-order valence-corrected chi connectivity index (χ4v) is 4.15. The van der Waals surface area contributed by atoms with Crippen LogP contribution >= 0.6 is 23.2 Å². The van der Waals surface area contributed by atoms with Gasteiger partial charge in [-0.25, -0.2) is 0 Å². The first-order valence-electron chi connectivity index (χ1n) is 7.71. The molecule has 1 aliphatic carbocycles. The Morgan fingerprint density at radius 2 is 1.92 bits per heavy atom. The van der Waals surface area contributed by atoms with E-state index >= 15 is 0 Å². The monoisotopic (exact) mass is 360 g/mol. The van der Waals surface area contributed by atoms with Gasteiger partial charge in [-0.05, 0) is 35.6 Å². The molecule has 0 unspecified atom stereocenters. The zero-order chi connectivity index (χ0) is 16.8. The molecule has 24 heavy (non-hydrogen) atoms. The predicted molar refractivity (Wildman–Crippen MR) is 95.9 cm³/mol. The van der Waals surface area contributed by atoms with E-state index in [2.05, 4.69) is 17.5 Å². The quantitative estimate of drug-likeness (QED) is 0.422. The highest BCUT2D eigenvalue weighted by Crippen LogP contribution is 2.52. The average Bonchev–Trinajstić information content (AvgIpc) is 3.05.